The molecule has 1 atom stereocenters. The number of hydrogen-bond donors (Lipinski definition) is 4. The van der Waals surface area contributed by atoms with Gasteiger partial charge in [-0.3, -0.25) is 5.73 Å². The SMILES string of the molecule is NC1=C(N)[NH+]([O-])[N+]([O-])=C1N. The van der Waals surface area contributed by atoms with Gasteiger partial charge in [-0.15, -0.1) is 5.17 Å². The monoisotopic (exact) mass is 145 g/mol. The minimum absolute atomic E-state index is 0.0370. The van der Waals surface area contributed by atoms with Crippen molar-refractivity contribution in [2.24, 2.45) is 17.2 Å². The summed E-state index contributed by atoms with van der Waals surface area (Å²) >= 11 is 0. The summed E-state index contributed by atoms with van der Waals surface area (Å²) in [4.78, 5) is -0.0370. The van der Waals surface area contributed by atoms with Crippen LogP contribution < -0.4 is 22.4 Å². The van der Waals surface area contributed by atoms with Crippen LogP contribution in [-0.2, 0) is 0 Å². The molecule has 0 aromatic carbocycles. The predicted molar refractivity (Wildman–Crippen MR) is 32.6 cm³/mol. The van der Waals surface area contributed by atoms with Crippen LogP contribution in [0.1, 0.15) is 0 Å². The Bertz CT molecular complexity index is 207. The molecule has 1 heterocycles. The molecule has 7 heteroatoms. The highest BCUT2D eigenvalue weighted by Crippen LogP contribution is 1.88. The van der Waals surface area contributed by atoms with Crippen molar-refractivity contribution in [1.29, 1.82) is 0 Å². The second-order valence-electron chi connectivity index (χ2n) is 1.81. The Morgan fingerprint density at radius 2 is 1.80 bits per heavy atom. The molecule has 56 valence electrons. The molecule has 0 aliphatic carbocycles. The van der Waals surface area contributed by atoms with E-state index in [4.69, 9.17) is 17.2 Å². The van der Waals surface area contributed by atoms with Crippen LogP contribution in [0.3, 0.4) is 0 Å². The third-order valence-corrected chi connectivity index (χ3v) is 1.20. The van der Waals surface area contributed by atoms with Gasteiger partial charge in [0.2, 0.25) is 5.70 Å². The van der Waals surface area contributed by atoms with Crippen LogP contribution in [0.15, 0.2) is 11.5 Å². The van der Waals surface area contributed by atoms with Crippen molar-refractivity contribution in [3.8, 4) is 0 Å². The summed E-state index contributed by atoms with van der Waals surface area (Å²) in [5, 5.41) is 20.2. The first-order valence-corrected chi connectivity index (χ1v) is 2.45. The Labute approximate surface area is 56.1 Å². The number of quaternary nitrogens is 1. The third kappa shape index (κ3) is 0.582. The summed E-state index contributed by atoms with van der Waals surface area (Å²) in [5.74, 6) is -0.616. The van der Waals surface area contributed by atoms with E-state index in [1.165, 1.54) is 0 Å². The van der Waals surface area contributed by atoms with Crippen molar-refractivity contribution in [2.45, 2.75) is 0 Å². The summed E-state index contributed by atoms with van der Waals surface area (Å²) < 4.78 is 0. The number of amidine groups is 1. The molecule has 0 amide bonds. The van der Waals surface area contributed by atoms with Gasteiger partial charge in [-0.1, -0.05) is 4.85 Å². The van der Waals surface area contributed by atoms with E-state index in [0.29, 0.717) is 0 Å². The summed E-state index contributed by atoms with van der Waals surface area (Å²) in [5.41, 5.74) is 15.1. The molecule has 1 aliphatic rings. The lowest BCUT2D eigenvalue weighted by Gasteiger charge is -2.16. The number of hydrogen-bond acceptors (Lipinski definition) is 5. The lowest BCUT2D eigenvalue weighted by atomic mass is 10.4. The summed E-state index contributed by atoms with van der Waals surface area (Å²) in [6, 6.07) is 0. The Morgan fingerprint density at radius 3 is 1.90 bits per heavy atom. The van der Waals surface area contributed by atoms with Crippen LogP contribution >= 0.6 is 0 Å². The maximum absolute atomic E-state index is 10.6. The van der Waals surface area contributed by atoms with Crippen molar-refractivity contribution in [3.05, 3.63) is 21.9 Å². The van der Waals surface area contributed by atoms with E-state index in [-0.39, 0.29) is 22.2 Å². The Morgan fingerprint density at radius 1 is 1.30 bits per heavy atom. The second-order valence-corrected chi connectivity index (χ2v) is 1.81. The Hall–Kier alpha value is -1.47. The highest BCUT2D eigenvalue weighted by atomic mass is 16.7. The predicted octanol–water partition coefficient (Wildman–Crippen LogP) is -3.75. The van der Waals surface area contributed by atoms with E-state index < -0.39 is 5.17 Å². The molecule has 10 heavy (non-hydrogen) atoms. The molecule has 0 saturated heterocycles. The molecule has 0 bridgehead atoms. The molecule has 0 spiro atoms. The average Bonchev–Trinajstić information content (AvgIpc) is 2.07. The van der Waals surface area contributed by atoms with Crippen LogP contribution in [-0.4, -0.2) is 10.7 Å². The van der Waals surface area contributed by atoms with Crippen LogP contribution in [0.25, 0.3) is 0 Å². The molecule has 0 fully saturated rings. The zero-order valence-corrected chi connectivity index (χ0v) is 5.00. The van der Waals surface area contributed by atoms with Crippen molar-refractivity contribution >= 4 is 5.84 Å². The van der Waals surface area contributed by atoms with Gasteiger partial charge in [0, 0.05) is 0 Å². The van der Waals surface area contributed by atoms with Crippen LogP contribution in [0.5, 0.6) is 0 Å². The number of hydroxylamine groups is 1. The van der Waals surface area contributed by atoms with Crippen molar-refractivity contribution in [2.75, 3.05) is 0 Å². The highest BCUT2D eigenvalue weighted by Gasteiger charge is 2.28. The quantitative estimate of drug-likeness (QED) is 0.205. The molecule has 0 aromatic rings. The van der Waals surface area contributed by atoms with Crippen LogP contribution in [0.4, 0.5) is 0 Å². The number of nitrogens with two attached hydrogens (primary N) is 3. The van der Waals surface area contributed by atoms with Gasteiger partial charge in [-0.05, 0) is 0 Å². The van der Waals surface area contributed by atoms with Gasteiger partial charge in [0.15, 0.2) is 0 Å². The molecule has 7 N–H and O–H groups in total. The van der Waals surface area contributed by atoms with E-state index in [2.05, 4.69) is 0 Å². The minimum Gasteiger partial charge on any atom is -0.666 e. The van der Waals surface area contributed by atoms with E-state index >= 15 is 0 Å². The minimum atomic E-state index is -0.894. The fourth-order valence-corrected chi connectivity index (χ4v) is 0.581. The zero-order valence-electron chi connectivity index (χ0n) is 5.00. The lowest BCUT2D eigenvalue weighted by molar-refractivity contribution is -1.26. The first kappa shape index (κ1) is 6.65. The summed E-state index contributed by atoms with van der Waals surface area (Å²) in [6.07, 6.45) is 0. The Kier molecular flexibility index (Phi) is 1.17. The largest absolute Gasteiger partial charge is 0.666 e. The third-order valence-electron chi connectivity index (χ3n) is 1.20. The maximum atomic E-state index is 10.6. The van der Waals surface area contributed by atoms with Crippen LogP contribution in [0, 0.1) is 10.4 Å². The summed E-state index contributed by atoms with van der Waals surface area (Å²) in [7, 11) is 0. The number of rotatable bonds is 0. The van der Waals surface area contributed by atoms with E-state index in [9.17, 15) is 10.4 Å². The highest BCUT2D eigenvalue weighted by molar-refractivity contribution is 5.92. The fraction of sp³-hybridized carbons (Fsp3) is 0. The van der Waals surface area contributed by atoms with Gasteiger partial charge in [0.05, 0.1) is 0 Å². The van der Waals surface area contributed by atoms with Gasteiger partial charge < -0.3 is 21.9 Å². The van der Waals surface area contributed by atoms with Crippen molar-refractivity contribution < 1.29 is 10.0 Å². The van der Waals surface area contributed by atoms with E-state index in [1.807, 2.05) is 0 Å². The molecule has 0 radical (unpaired) electrons. The van der Waals surface area contributed by atoms with Crippen LogP contribution in [0.2, 0.25) is 0 Å². The molecule has 1 aliphatic heterocycles. The topological polar surface area (TPSA) is 132 Å². The summed E-state index contributed by atoms with van der Waals surface area (Å²) in [6.45, 7) is 0. The van der Waals surface area contributed by atoms with Crippen molar-refractivity contribution in [1.82, 2.24) is 0 Å². The van der Waals surface area contributed by atoms with Gasteiger partial charge in [-0.2, -0.15) is 0 Å². The molecule has 0 saturated carbocycles. The normalized spacial score (nSPS) is 26.3. The van der Waals surface area contributed by atoms with Gasteiger partial charge in [0.25, 0.3) is 5.82 Å². The average molecular weight is 145 g/mol. The van der Waals surface area contributed by atoms with Gasteiger partial charge in [-0.25, -0.2) is 0 Å². The smallest absolute Gasteiger partial charge is 0.354 e. The first-order chi connectivity index (χ1) is 4.55. The van der Waals surface area contributed by atoms with Crippen molar-refractivity contribution in [3.63, 3.8) is 0 Å². The molecule has 7 nitrogen and oxygen atoms in total. The lowest BCUT2D eigenvalue weighted by Crippen LogP contribution is -3.09. The molecule has 0 aromatic heterocycles. The first-order valence-electron chi connectivity index (χ1n) is 2.45. The van der Waals surface area contributed by atoms with Gasteiger partial charge >= 0.3 is 5.84 Å². The zero-order chi connectivity index (χ0) is 7.89. The van der Waals surface area contributed by atoms with Gasteiger partial charge in [0.1, 0.15) is 0 Å². The molecular weight excluding hydrogens is 138 g/mol. The standard InChI is InChI=1S/C3H7N5O2/c4-1-2(5)7(9)8(10)3(1)6/h7H,4-6H2. The fourth-order valence-electron chi connectivity index (χ4n) is 0.581. The van der Waals surface area contributed by atoms with E-state index in [1.54, 1.807) is 0 Å². The van der Waals surface area contributed by atoms with E-state index in [0.717, 1.165) is 0 Å². The maximum Gasteiger partial charge on any atom is 0.354 e. The molecule has 1 rings (SSSR count). The second kappa shape index (κ2) is 1.75. The Balaban J connectivity index is 3.09. The number of nitrogens with one attached hydrogen (secondary N) is 1. The molecule has 1 unspecified atom stereocenters. The molecular formula is C3H7N5O2. The number of nitrogens with zero attached hydrogens (tertiary/aromatic N) is 1.